The average Bonchev–Trinajstić information content (AvgIpc) is 2.81. The summed E-state index contributed by atoms with van der Waals surface area (Å²) >= 11 is 0. The van der Waals surface area contributed by atoms with Gasteiger partial charge in [0.05, 0.1) is 6.42 Å². The standard InChI is InChI=1S/C31H44N4O5/c1-10-22(6)35(29(38)24(17-25(32)36)33-30(39)40-31(7,8)9)27(23-15-18(2)14-19(3)16-23)28(37)34-26-20(4)12-11-13-21(26)5/h11-16,22,24,27H,10,17H2,1-9H3,(H2,32,36)(H,33,39)(H,34,37). The third-order valence-electron chi connectivity index (χ3n) is 6.53. The number of rotatable bonds is 10. The second-order valence-electron chi connectivity index (χ2n) is 11.5. The van der Waals surface area contributed by atoms with Gasteiger partial charge in [-0.15, -0.1) is 0 Å². The number of aryl methyl sites for hydroxylation is 4. The fourth-order valence-corrected chi connectivity index (χ4v) is 4.64. The predicted molar refractivity (Wildman–Crippen MR) is 157 cm³/mol. The molecule has 0 heterocycles. The third-order valence-corrected chi connectivity index (χ3v) is 6.53. The number of nitrogens with two attached hydrogens (primary N) is 1. The maximum Gasteiger partial charge on any atom is 0.408 e. The summed E-state index contributed by atoms with van der Waals surface area (Å²) in [6.07, 6.45) is -0.804. The Kier molecular flexibility index (Phi) is 10.9. The van der Waals surface area contributed by atoms with Crippen molar-refractivity contribution in [1.82, 2.24) is 10.2 Å². The number of benzene rings is 2. The Hall–Kier alpha value is -3.88. The number of hydrogen-bond acceptors (Lipinski definition) is 5. The Bertz CT molecular complexity index is 1210. The molecule has 0 aliphatic carbocycles. The SMILES string of the molecule is CCC(C)N(C(=O)C(CC(N)=O)NC(=O)OC(C)(C)C)C(C(=O)Nc1c(C)cccc1C)c1cc(C)cc(C)c1. The van der Waals surface area contributed by atoms with Crippen LogP contribution in [-0.2, 0) is 19.1 Å². The summed E-state index contributed by atoms with van der Waals surface area (Å²) in [7, 11) is 0. The molecule has 0 radical (unpaired) electrons. The number of para-hydroxylation sites is 1. The van der Waals surface area contributed by atoms with Crippen LogP contribution in [-0.4, -0.2) is 46.4 Å². The molecule has 0 aromatic heterocycles. The second-order valence-corrected chi connectivity index (χ2v) is 11.5. The minimum absolute atomic E-state index is 0.411. The van der Waals surface area contributed by atoms with Gasteiger partial charge in [0, 0.05) is 11.7 Å². The molecule has 9 nitrogen and oxygen atoms in total. The van der Waals surface area contributed by atoms with Gasteiger partial charge in [0.2, 0.25) is 11.8 Å². The van der Waals surface area contributed by atoms with E-state index >= 15 is 0 Å². The quantitative estimate of drug-likeness (QED) is 0.382. The van der Waals surface area contributed by atoms with Gasteiger partial charge in [-0.1, -0.05) is 54.4 Å². The molecule has 218 valence electrons. The lowest BCUT2D eigenvalue weighted by atomic mass is 9.96. The highest BCUT2D eigenvalue weighted by molar-refractivity contribution is 6.00. The summed E-state index contributed by atoms with van der Waals surface area (Å²) < 4.78 is 5.34. The van der Waals surface area contributed by atoms with E-state index in [2.05, 4.69) is 10.6 Å². The van der Waals surface area contributed by atoms with E-state index in [9.17, 15) is 19.2 Å². The normalized spacial score (nSPS) is 13.5. The number of carbonyl (C=O) groups excluding carboxylic acids is 4. The predicted octanol–water partition coefficient (Wildman–Crippen LogP) is 5.00. The summed E-state index contributed by atoms with van der Waals surface area (Å²) in [5.41, 5.74) is 9.56. The zero-order valence-electron chi connectivity index (χ0n) is 25.2. The molecular formula is C31H44N4O5. The van der Waals surface area contributed by atoms with Crippen LogP contribution in [0.25, 0.3) is 0 Å². The van der Waals surface area contributed by atoms with Crippen molar-refractivity contribution >= 4 is 29.5 Å². The highest BCUT2D eigenvalue weighted by atomic mass is 16.6. The maximum atomic E-state index is 14.2. The van der Waals surface area contributed by atoms with Crippen molar-refractivity contribution in [1.29, 1.82) is 0 Å². The number of nitrogens with one attached hydrogen (secondary N) is 2. The van der Waals surface area contributed by atoms with Crippen molar-refractivity contribution in [2.75, 3.05) is 5.32 Å². The molecule has 2 aromatic rings. The molecule has 3 unspecified atom stereocenters. The van der Waals surface area contributed by atoms with Crippen LogP contribution in [0.4, 0.5) is 10.5 Å². The number of carbonyl (C=O) groups is 4. The summed E-state index contributed by atoms with van der Waals surface area (Å²) in [4.78, 5) is 54.5. The van der Waals surface area contributed by atoms with Crippen molar-refractivity contribution in [3.63, 3.8) is 0 Å². The smallest absolute Gasteiger partial charge is 0.408 e. The number of primary amides is 1. The summed E-state index contributed by atoms with van der Waals surface area (Å²) in [5, 5.41) is 5.56. The van der Waals surface area contributed by atoms with Crippen molar-refractivity contribution in [2.24, 2.45) is 5.73 Å². The maximum absolute atomic E-state index is 14.2. The van der Waals surface area contributed by atoms with Gasteiger partial charge < -0.3 is 26.0 Å². The number of amides is 4. The lowest BCUT2D eigenvalue weighted by molar-refractivity contribution is -0.144. The Morgan fingerprint density at radius 1 is 0.975 bits per heavy atom. The van der Waals surface area contributed by atoms with E-state index < -0.39 is 54.0 Å². The van der Waals surface area contributed by atoms with Crippen LogP contribution in [0.3, 0.4) is 0 Å². The Labute approximate surface area is 237 Å². The Morgan fingerprint density at radius 2 is 1.52 bits per heavy atom. The molecule has 0 aliphatic rings. The van der Waals surface area contributed by atoms with Crippen LogP contribution in [0.2, 0.25) is 0 Å². The molecule has 4 amide bonds. The van der Waals surface area contributed by atoms with Gasteiger partial charge in [-0.05, 0) is 78.5 Å². The molecule has 0 bridgehead atoms. The molecule has 0 spiro atoms. The van der Waals surface area contributed by atoms with E-state index in [4.69, 9.17) is 10.5 Å². The largest absolute Gasteiger partial charge is 0.444 e. The molecule has 2 aromatic carbocycles. The molecule has 9 heteroatoms. The minimum Gasteiger partial charge on any atom is -0.444 e. The first kappa shape index (κ1) is 32.3. The molecule has 40 heavy (non-hydrogen) atoms. The first-order valence-electron chi connectivity index (χ1n) is 13.6. The fourth-order valence-electron chi connectivity index (χ4n) is 4.64. The van der Waals surface area contributed by atoms with Crippen molar-refractivity contribution in [2.45, 2.75) is 98.9 Å². The summed E-state index contributed by atoms with van der Waals surface area (Å²) in [6.45, 7) is 16.5. The van der Waals surface area contributed by atoms with Crippen LogP contribution in [0.5, 0.6) is 0 Å². The molecular weight excluding hydrogens is 508 g/mol. The Balaban J connectivity index is 2.67. The van der Waals surface area contributed by atoms with Gasteiger partial charge in [0.1, 0.15) is 17.7 Å². The molecule has 4 N–H and O–H groups in total. The van der Waals surface area contributed by atoms with E-state index in [1.807, 2.05) is 77.9 Å². The van der Waals surface area contributed by atoms with Crippen LogP contribution in [0.15, 0.2) is 36.4 Å². The molecule has 0 saturated heterocycles. The Morgan fingerprint density at radius 3 is 2.00 bits per heavy atom. The average molecular weight is 553 g/mol. The van der Waals surface area contributed by atoms with Crippen molar-refractivity contribution < 1.29 is 23.9 Å². The fraction of sp³-hybridized carbons (Fsp3) is 0.484. The van der Waals surface area contributed by atoms with Gasteiger partial charge >= 0.3 is 6.09 Å². The number of anilines is 1. The van der Waals surface area contributed by atoms with Gasteiger partial charge in [0.25, 0.3) is 5.91 Å². The first-order valence-corrected chi connectivity index (χ1v) is 13.6. The third kappa shape index (κ3) is 8.83. The first-order chi connectivity index (χ1) is 18.5. The molecule has 0 fully saturated rings. The lowest BCUT2D eigenvalue weighted by Gasteiger charge is -2.38. The van der Waals surface area contributed by atoms with Crippen LogP contribution in [0.1, 0.15) is 81.3 Å². The highest BCUT2D eigenvalue weighted by Crippen LogP contribution is 2.30. The van der Waals surface area contributed by atoms with Crippen LogP contribution in [0, 0.1) is 27.7 Å². The van der Waals surface area contributed by atoms with Crippen LogP contribution < -0.4 is 16.4 Å². The lowest BCUT2D eigenvalue weighted by Crippen LogP contribution is -2.55. The number of nitrogens with zero attached hydrogens (tertiary/aromatic N) is 1. The van der Waals surface area contributed by atoms with Crippen molar-refractivity contribution in [3.8, 4) is 0 Å². The van der Waals surface area contributed by atoms with E-state index in [-0.39, 0.29) is 0 Å². The van der Waals surface area contributed by atoms with E-state index in [1.165, 1.54) is 4.90 Å². The molecule has 0 aliphatic heterocycles. The number of hydrogen-bond donors (Lipinski definition) is 3. The van der Waals surface area contributed by atoms with Gasteiger partial charge in [-0.2, -0.15) is 0 Å². The second kappa shape index (κ2) is 13.5. The van der Waals surface area contributed by atoms with E-state index in [1.54, 1.807) is 20.8 Å². The molecule has 0 saturated carbocycles. The van der Waals surface area contributed by atoms with Gasteiger partial charge in [-0.3, -0.25) is 14.4 Å². The zero-order chi connectivity index (χ0) is 30.4. The summed E-state index contributed by atoms with van der Waals surface area (Å²) in [6, 6.07) is 8.62. The van der Waals surface area contributed by atoms with Crippen molar-refractivity contribution in [3.05, 3.63) is 64.2 Å². The minimum atomic E-state index is -1.33. The van der Waals surface area contributed by atoms with E-state index in [0.717, 1.165) is 22.3 Å². The molecule has 3 atom stereocenters. The zero-order valence-corrected chi connectivity index (χ0v) is 25.2. The highest BCUT2D eigenvalue weighted by Gasteiger charge is 2.39. The van der Waals surface area contributed by atoms with Crippen LogP contribution >= 0.6 is 0 Å². The number of alkyl carbamates (subject to hydrolysis) is 1. The van der Waals surface area contributed by atoms with E-state index in [0.29, 0.717) is 17.7 Å². The summed E-state index contributed by atoms with van der Waals surface area (Å²) in [5.74, 6) is -1.80. The van der Waals surface area contributed by atoms with Gasteiger partial charge in [-0.25, -0.2) is 4.79 Å². The topological polar surface area (TPSA) is 131 Å². The monoisotopic (exact) mass is 552 g/mol. The number of ether oxygens (including phenoxy) is 1. The van der Waals surface area contributed by atoms with Gasteiger partial charge in [0.15, 0.2) is 0 Å². The molecule has 2 rings (SSSR count).